The summed E-state index contributed by atoms with van der Waals surface area (Å²) in [5.74, 6) is 0.901. The van der Waals surface area contributed by atoms with Gasteiger partial charge < -0.3 is 5.32 Å². The first-order valence-corrected chi connectivity index (χ1v) is 8.05. The van der Waals surface area contributed by atoms with Gasteiger partial charge in [-0.3, -0.25) is 4.90 Å². The van der Waals surface area contributed by atoms with Crippen LogP contribution < -0.4 is 5.32 Å². The zero-order chi connectivity index (χ0) is 13.0. The summed E-state index contributed by atoms with van der Waals surface area (Å²) in [6, 6.07) is 0. The second-order valence-electron chi connectivity index (χ2n) is 7.35. The molecule has 0 radical (unpaired) electrons. The van der Waals surface area contributed by atoms with E-state index < -0.39 is 0 Å². The Balaban J connectivity index is 1.96. The Morgan fingerprint density at radius 1 is 0.889 bits per heavy atom. The molecular weight excluding hydrogens is 220 g/mol. The van der Waals surface area contributed by atoms with E-state index in [1.807, 2.05) is 0 Å². The lowest BCUT2D eigenvalue weighted by molar-refractivity contribution is 0.0900. The van der Waals surface area contributed by atoms with E-state index in [4.69, 9.17) is 0 Å². The topological polar surface area (TPSA) is 15.3 Å². The van der Waals surface area contributed by atoms with Gasteiger partial charge in [-0.25, -0.2) is 0 Å². The summed E-state index contributed by atoms with van der Waals surface area (Å²) in [6.07, 6.45) is 10.5. The van der Waals surface area contributed by atoms with Crippen molar-refractivity contribution >= 4 is 0 Å². The maximum Gasteiger partial charge on any atom is 0.0597 e. The molecule has 0 spiro atoms. The SMILES string of the molecule is CC(C)(C)C1CCCCCC2NCCCN2CC1. The zero-order valence-corrected chi connectivity index (χ0v) is 12.7. The van der Waals surface area contributed by atoms with Gasteiger partial charge in [-0.05, 0) is 50.1 Å². The zero-order valence-electron chi connectivity index (χ0n) is 12.7. The molecule has 2 atom stereocenters. The first-order valence-electron chi connectivity index (χ1n) is 8.05. The number of hydrogen-bond acceptors (Lipinski definition) is 2. The molecule has 2 heterocycles. The second-order valence-corrected chi connectivity index (χ2v) is 7.35. The lowest BCUT2D eigenvalue weighted by atomic mass is 9.75. The van der Waals surface area contributed by atoms with Crippen LogP contribution in [0.15, 0.2) is 0 Å². The molecule has 2 heteroatoms. The van der Waals surface area contributed by atoms with Crippen molar-refractivity contribution < 1.29 is 0 Å². The smallest absolute Gasteiger partial charge is 0.0597 e. The van der Waals surface area contributed by atoms with Crippen LogP contribution >= 0.6 is 0 Å². The highest BCUT2D eigenvalue weighted by atomic mass is 15.3. The van der Waals surface area contributed by atoms with Crippen molar-refractivity contribution in [3.63, 3.8) is 0 Å². The second kappa shape index (κ2) is 6.38. The van der Waals surface area contributed by atoms with Crippen molar-refractivity contribution in [2.45, 2.75) is 71.9 Å². The summed E-state index contributed by atoms with van der Waals surface area (Å²) in [6.45, 7) is 11.1. The molecule has 2 aliphatic rings. The van der Waals surface area contributed by atoms with Crippen molar-refractivity contribution in [2.75, 3.05) is 19.6 Å². The molecule has 0 aromatic rings. The molecule has 1 N–H and O–H groups in total. The third-order valence-electron chi connectivity index (χ3n) is 4.96. The Hall–Kier alpha value is -0.0800. The summed E-state index contributed by atoms with van der Waals surface area (Å²) in [7, 11) is 0. The van der Waals surface area contributed by atoms with Gasteiger partial charge in [-0.2, -0.15) is 0 Å². The van der Waals surface area contributed by atoms with Gasteiger partial charge in [0.25, 0.3) is 0 Å². The average molecular weight is 252 g/mol. The molecule has 0 amide bonds. The molecule has 2 unspecified atom stereocenters. The molecule has 2 aliphatic heterocycles. The Morgan fingerprint density at radius 2 is 1.67 bits per heavy atom. The van der Waals surface area contributed by atoms with Crippen LogP contribution in [0.4, 0.5) is 0 Å². The number of fused-ring (bicyclic) bond motifs is 1. The Bertz CT molecular complexity index is 244. The van der Waals surface area contributed by atoms with E-state index in [-0.39, 0.29) is 0 Å². The van der Waals surface area contributed by atoms with Gasteiger partial charge in [-0.1, -0.05) is 40.0 Å². The molecule has 2 fully saturated rings. The fourth-order valence-electron chi connectivity index (χ4n) is 3.63. The van der Waals surface area contributed by atoms with Crippen LogP contribution in [0.5, 0.6) is 0 Å². The lowest BCUT2D eigenvalue weighted by Crippen LogP contribution is -2.52. The van der Waals surface area contributed by atoms with Crippen molar-refractivity contribution in [3.8, 4) is 0 Å². The Kier molecular flexibility index (Phi) is 5.08. The normalized spacial score (nSPS) is 32.8. The summed E-state index contributed by atoms with van der Waals surface area (Å²) in [4.78, 5) is 2.72. The molecule has 0 aromatic carbocycles. The van der Waals surface area contributed by atoms with Gasteiger partial charge >= 0.3 is 0 Å². The predicted molar refractivity (Wildman–Crippen MR) is 78.6 cm³/mol. The molecule has 0 bridgehead atoms. The van der Waals surface area contributed by atoms with Gasteiger partial charge in [0.05, 0.1) is 6.17 Å². The van der Waals surface area contributed by atoms with Crippen LogP contribution in [0.2, 0.25) is 0 Å². The van der Waals surface area contributed by atoms with Crippen LogP contribution in [0.3, 0.4) is 0 Å². The first-order chi connectivity index (χ1) is 8.57. The van der Waals surface area contributed by atoms with Crippen molar-refractivity contribution in [3.05, 3.63) is 0 Å². The Morgan fingerprint density at radius 3 is 2.44 bits per heavy atom. The fraction of sp³-hybridized carbons (Fsp3) is 1.00. The third-order valence-corrected chi connectivity index (χ3v) is 4.96. The quantitative estimate of drug-likeness (QED) is 0.708. The molecule has 2 nitrogen and oxygen atoms in total. The Labute approximate surface area is 114 Å². The van der Waals surface area contributed by atoms with Gasteiger partial charge in [0.2, 0.25) is 0 Å². The molecule has 106 valence electrons. The van der Waals surface area contributed by atoms with Gasteiger partial charge in [0, 0.05) is 6.54 Å². The third kappa shape index (κ3) is 3.96. The minimum Gasteiger partial charge on any atom is -0.302 e. The number of rotatable bonds is 0. The molecule has 18 heavy (non-hydrogen) atoms. The maximum absolute atomic E-state index is 3.72. The van der Waals surface area contributed by atoms with E-state index >= 15 is 0 Å². The van der Waals surface area contributed by atoms with E-state index in [1.54, 1.807) is 0 Å². The minimum atomic E-state index is 0.484. The van der Waals surface area contributed by atoms with Crippen molar-refractivity contribution in [1.29, 1.82) is 0 Å². The number of hydrogen-bond donors (Lipinski definition) is 1. The highest BCUT2D eigenvalue weighted by molar-refractivity contribution is 4.81. The predicted octanol–water partition coefficient (Wildman–Crippen LogP) is 3.62. The summed E-state index contributed by atoms with van der Waals surface area (Å²) >= 11 is 0. The first kappa shape index (κ1) is 14.3. The standard InChI is InChI=1S/C16H32N2/c1-16(2,3)14-8-5-4-6-9-15-17-11-7-12-18(15)13-10-14/h14-15,17H,4-13H2,1-3H3. The lowest BCUT2D eigenvalue weighted by Gasteiger charge is -2.40. The van der Waals surface area contributed by atoms with Gasteiger partial charge in [-0.15, -0.1) is 0 Å². The summed E-state index contributed by atoms with van der Waals surface area (Å²) in [5, 5.41) is 3.72. The van der Waals surface area contributed by atoms with Crippen LogP contribution in [0.1, 0.15) is 65.7 Å². The summed E-state index contributed by atoms with van der Waals surface area (Å²) in [5.41, 5.74) is 0.484. The molecular formula is C16H32N2. The molecule has 0 aromatic heterocycles. The van der Waals surface area contributed by atoms with E-state index in [1.165, 1.54) is 64.6 Å². The highest BCUT2D eigenvalue weighted by Crippen LogP contribution is 2.34. The number of nitrogens with zero attached hydrogens (tertiary/aromatic N) is 1. The number of nitrogens with one attached hydrogen (secondary N) is 1. The van der Waals surface area contributed by atoms with E-state index in [9.17, 15) is 0 Å². The monoisotopic (exact) mass is 252 g/mol. The van der Waals surface area contributed by atoms with Crippen LogP contribution in [0, 0.1) is 11.3 Å². The minimum absolute atomic E-state index is 0.484. The molecule has 0 aliphatic carbocycles. The molecule has 0 saturated carbocycles. The van der Waals surface area contributed by atoms with E-state index in [2.05, 4.69) is 31.0 Å². The molecule has 2 saturated heterocycles. The van der Waals surface area contributed by atoms with Gasteiger partial charge in [0.1, 0.15) is 0 Å². The van der Waals surface area contributed by atoms with Crippen LogP contribution in [-0.4, -0.2) is 30.7 Å². The maximum atomic E-state index is 3.72. The molecule has 2 rings (SSSR count). The van der Waals surface area contributed by atoms with Crippen LogP contribution in [-0.2, 0) is 0 Å². The van der Waals surface area contributed by atoms with E-state index in [0.29, 0.717) is 11.6 Å². The van der Waals surface area contributed by atoms with Crippen molar-refractivity contribution in [2.24, 2.45) is 11.3 Å². The largest absolute Gasteiger partial charge is 0.302 e. The van der Waals surface area contributed by atoms with Crippen LogP contribution in [0.25, 0.3) is 0 Å². The summed E-state index contributed by atoms with van der Waals surface area (Å²) < 4.78 is 0. The fourth-order valence-corrected chi connectivity index (χ4v) is 3.63. The average Bonchev–Trinajstić information content (AvgIpc) is 2.33. The highest BCUT2D eigenvalue weighted by Gasteiger charge is 2.28. The van der Waals surface area contributed by atoms with Crippen molar-refractivity contribution in [1.82, 2.24) is 10.2 Å². The van der Waals surface area contributed by atoms with Gasteiger partial charge in [0.15, 0.2) is 0 Å². The van der Waals surface area contributed by atoms with E-state index in [0.717, 1.165) is 5.92 Å².